The zero-order valence-electron chi connectivity index (χ0n) is 14.8. The van der Waals surface area contributed by atoms with Crippen molar-refractivity contribution in [2.75, 3.05) is 30.3 Å². The number of benzene rings is 1. The van der Waals surface area contributed by atoms with E-state index in [2.05, 4.69) is 9.88 Å². The molecule has 0 N–H and O–H groups in total. The SMILES string of the molecule is Cc1cccc(N2CCN(C(=O)CSc3ccc(F)c(F)c3)C(C)C2)n1. The van der Waals surface area contributed by atoms with Crippen LogP contribution in [0.25, 0.3) is 0 Å². The van der Waals surface area contributed by atoms with Crippen molar-refractivity contribution < 1.29 is 13.6 Å². The van der Waals surface area contributed by atoms with Gasteiger partial charge in [-0.25, -0.2) is 13.8 Å². The molecule has 138 valence electrons. The van der Waals surface area contributed by atoms with Crippen LogP contribution in [0, 0.1) is 18.6 Å². The van der Waals surface area contributed by atoms with Crippen LogP contribution in [0.3, 0.4) is 0 Å². The summed E-state index contributed by atoms with van der Waals surface area (Å²) in [7, 11) is 0. The molecule has 26 heavy (non-hydrogen) atoms. The van der Waals surface area contributed by atoms with Crippen molar-refractivity contribution in [1.29, 1.82) is 0 Å². The normalized spacial score (nSPS) is 17.5. The van der Waals surface area contributed by atoms with E-state index in [1.807, 2.05) is 36.9 Å². The Balaban J connectivity index is 1.56. The van der Waals surface area contributed by atoms with Gasteiger partial charge in [0.05, 0.1) is 5.75 Å². The van der Waals surface area contributed by atoms with Crippen LogP contribution >= 0.6 is 11.8 Å². The van der Waals surface area contributed by atoms with Crippen LogP contribution in [-0.4, -0.2) is 47.2 Å². The van der Waals surface area contributed by atoms with Crippen LogP contribution in [-0.2, 0) is 4.79 Å². The van der Waals surface area contributed by atoms with Crippen molar-refractivity contribution in [3.8, 4) is 0 Å². The highest BCUT2D eigenvalue weighted by Crippen LogP contribution is 2.23. The molecule has 0 aliphatic carbocycles. The summed E-state index contributed by atoms with van der Waals surface area (Å²) in [5.41, 5.74) is 0.969. The van der Waals surface area contributed by atoms with Gasteiger partial charge < -0.3 is 9.80 Å². The van der Waals surface area contributed by atoms with Gasteiger partial charge in [-0.15, -0.1) is 11.8 Å². The largest absolute Gasteiger partial charge is 0.353 e. The molecular weight excluding hydrogens is 356 g/mol. The van der Waals surface area contributed by atoms with Crippen LogP contribution in [0.2, 0.25) is 0 Å². The number of pyridine rings is 1. The summed E-state index contributed by atoms with van der Waals surface area (Å²) in [5, 5.41) is 0. The highest BCUT2D eigenvalue weighted by atomic mass is 32.2. The number of carbonyl (C=O) groups is 1. The second kappa shape index (κ2) is 8.03. The van der Waals surface area contributed by atoms with E-state index in [0.717, 1.165) is 36.7 Å². The summed E-state index contributed by atoms with van der Waals surface area (Å²) in [6.45, 7) is 6.04. The topological polar surface area (TPSA) is 36.4 Å². The number of rotatable bonds is 4. The predicted octanol–water partition coefficient (Wildman–Crippen LogP) is 3.50. The Morgan fingerprint density at radius 2 is 2.04 bits per heavy atom. The molecule has 1 atom stereocenters. The fourth-order valence-corrected chi connectivity index (χ4v) is 3.84. The number of hydrogen-bond acceptors (Lipinski definition) is 4. The first-order valence-corrected chi connectivity index (χ1v) is 9.48. The summed E-state index contributed by atoms with van der Waals surface area (Å²) in [4.78, 5) is 21.7. The summed E-state index contributed by atoms with van der Waals surface area (Å²) in [5.74, 6) is -0.632. The van der Waals surface area contributed by atoms with E-state index < -0.39 is 11.6 Å². The third-order valence-electron chi connectivity index (χ3n) is 4.40. The predicted molar refractivity (Wildman–Crippen MR) is 99.4 cm³/mol. The Labute approximate surface area is 156 Å². The number of piperazine rings is 1. The number of thioether (sulfide) groups is 1. The van der Waals surface area contributed by atoms with Crippen molar-refractivity contribution in [1.82, 2.24) is 9.88 Å². The van der Waals surface area contributed by atoms with Gasteiger partial charge in [-0.05, 0) is 44.2 Å². The number of nitrogens with zero attached hydrogens (tertiary/aromatic N) is 3. The molecule has 1 aliphatic rings. The van der Waals surface area contributed by atoms with E-state index in [1.165, 1.54) is 17.8 Å². The first kappa shape index (κ1) is 18.6. The van der Waals surface area contributed by atoms with Crippen LogP contribution in [0.15, 0.2) is 41.3 Å². The maximum Gasteiger partial charge on any atom is 0.233 e. The van der Waals surface area contributed by atoms with Crippen molar-refractivity contribution in [2.24, 2.45) is 0 Å². The standard InChI is InChI=1S/C19H21F2N3OS/c1-13-4-3-5-18(22-13)23-8-9-24(14(2)11-23)19(25)12-26-15-6-7-16(20)17(21)10-15/h3-7,10,14H,8-9,11-12H2,1-2H3. The van der Waals surface area contributed by atoms with Gasteiger partial charge in [0.15, 0.2) is 11.6 Å². The number of anilines is 1. The Kier molecular flexibility index (Phi) is 5.76. The molecule has 1 fully saturated rings. The van der Waals surface area contributed by atoms with Gasteiger partial charge in [-0.1, -0.05) is 6.07 Å². The molecule has 7 heteroatoms. The van der Waals surface area contributed by atoms with E-state index in [1.54, 1.807) is 0 Å². The molecule has 0 bridgehead atoms. The Hall–Kier alpha value is -2.15. The molecule has 0 saturated carbocycles. The van der Waals surface area contributed by atoms with E-state index in [0.29, 0.717) is 11.4 Å². The molecule has 1 saturated heterocycles. The van der Waals surface area contributed by atoms with Crippen LogP contribution < -0.4 is 4.90 Å². The lowest BCUT2D eigenvalue weighted by molar-refractivity contribution is -0.130. The number of aryl methyl sites for hydroxylation is 1. The molecule has 2 aromatic rings. The van der Waals surface area contributed by atoms with Gasteiger partial charge in [0.25, 0.3) is 0 Å². The number of amides is 1. The maximum atomic E-state index is 13.3. The zero-order valence-corrected chi connectivity index (χ0v) is 15.6. The fourth-order valence-electron chi connectivity index (χ4n) is 3.04. The van der Waals surface area contributed by atoms with Gasteiger partial charge in [0, 0.05) is 36.3 Å². The Morgan fingerprint density at radius 3 is 2.73 bits per heavy atom. The average molecular weight is 377 g/mol. The van der Waals surface area contributed by atoms with Crippen LogP contribution in [0.5, 0.6) is 0 Å². The minimum Gasteiger partial charge on any atom is -0.353 e. The van der Waals surface area contributed by atoms with E-state index in [9.17, 15) is 13.6 Å². The van der Waals surface area contributed by atoms with Gasteiger partial charge in [-0.2, -0.15) is 0 Å². The third-order valence-corrected chi connectivity index (χ3v) is 5.38. The van der Waals surface area contributed by atoms with Gasteiger partial charge in [0.1, 0.15) is 5.82 Å². The molecule has 4 nitrogen and oxygen atoms in total. The van der Waals surface area contributed by atoms with Crippen LogP contribution in [0.1, 0.15) is 12.6 Å². The molecule has 1 aromatic heterocycles. The lowest BCUT2D eigenvalue weighted by atomic mass is 10.2. The Morgan fingerprint density at radius 1 is 1.23 bits per heavy atom. The molecule has 0 spiro atoms. The quantitative estimate of drug-likeness (QED) is 0.765. The lowest BCUT2D eigenvalue weighted by Crippen LogP contribution is -2.54. The average Bonchev–Trinajstić information content (AvgIpc) is 2.62. The molecular formula is C19H21F2N3OS. The minimum atomic E-state index is -0.893. The summed E-state index contributed by atoms with van der Waals surface area (Å²) in [6.07, 6.45) is 0. The van der Waals surface area contributed by atoms with E-state index in [-0.39, 0.29) is 17.7 Å². The zero-order chi connectivity index (χ0) is 18.7. The van der Waals surface area contributed by atoms with Gasteiger partial charge >= 0.3 is 0 Å². The van der Waals surface area contributed by atoms with Crippen molar-refractivity contribution in [2.45, 2.75) is 24.8 Å². The van der Waals surface area contributed by atoms with Gasteiger partial charge in [0.2, 0.25) is 5.91 Å². The summed E-state index contributed by atoms with van der Waals surface area (Å²) in [6, 6.07) is 9.68. The van der Waals surface area contributed by atoms with E-state index >= 15 is 0 Å². The van der Waals surface area contributed by atoms with Crippen molar-refractivity contribution in [3.05, 3.63) is 53.7 Å². The highest BCUT2D eigenvalue weighted by molar-refractivity contribution is 8.00. The second-order valence-corrected chi connectivity index (χ2v) is 7.43. The smallest absolute Gasteiger partial charge is 0.233 e. The first-order valence-electron chi connectivity index (χ1n) is 8.50. The number of hydrogen-bond donors (Lipinski definition) is 0. The third kappa shape index (κ3) is 4.33. The fraction of sp³-hybridized carbons (Fsp3) is 0.368. The second-order valence-electron chi connectivity index (χ2n) is 6.38. The summed E-state index contributed by atoms with van der Waals surface area (Å²) < 4.78 is 26.2. The van der Waals surface area contributed by atoms with Crippen molar-refractivity contribution in [3.63, 3.8) is 0 Å². The monoisotopic (exact) mass is 377 g/mol. The highest BCUT2D eigenvalue weighted by Gasteiger charge is 2.28. The number of halogens is 2. The van der Waals surface area contributed by atoms with E-state index in [4.69, 9.17) is 0 Å². The molecule has 1 aromatic carbocycles. The molecule has 2 heterocycles. The maximum absolute atomic E-state index is 13.3. The molecule has 3 rings (SSSR count). The minimum absolute atomic E-state index is 0.00378. The van der Waals surface area contributed by atoms with Gasteiger partial charge in [-0.3, -0.25) is 4.79 Å². The molecule has 1 amide bonds. The number of aromatic nitrogens is 1. The molecule has 0 radical (unpaired) electrons. The number of carbonyl (C=O) groups excluding carboxylic acids is 1. The summed E-state index contributed by atoms with van der Waals surface area (Å²) >= 11 is 1.22. The lowest BCUT2D eigenvalue weighted by Gasteiger charge is -2.40. The van der Waals surface area contributed by atoms with Crippen molar-refractivity contribution >= 4 is 23.5 Å². The molecule has 1 unspecified atom stereocenters. The molecule has 1 aliphatic heterocycles. The Bertz CT molecular complexity index is 802. The van der Waals surface area contributed by atoms with Crippen LogP contribution in [0.4, 0.5) is 14.6 Å². The first-order chi connectivity index (χ1) is 12.4.